The van der Waals surface area contributed by atoms with Crippen molar-refractivity contribution >= 4 is 5.78 Å². The van der Waals surface area contributed by atoms with Crippen molar-refractivity contribution in [3.05, 3.63) is 29.8 Å². The van der Waals surface area contributed by atoms with Gasteiger partial charge in [-0.05, 0) is 44.1 Å². The molecule has 1 saturated carbocycles. The lowest BCUT2D eigenvalue weighted by molar-refractivity contribution is -0.122. The largest absolute Gasteiger partial charge is 0.497 e. The highest BCUT2D eigenvalue weighted by Crippen LogP contribution is 2.47. The summed E-state index contributed by atoms with van der Waals surface area (Å²) in [7, 11) is 3.84. The maximum atomic E-state index is 11.8. The van der Waals surface area contributed by atoms with Gasteiger partial charge in [0, 0.05) is 24.3 Å². The van der Waals surface area contributed by atoms with Crippen molar-refractivity contribution in [3.63, 3.8) is 0 Å². The van der Waals surface area contributed by atoms with Crippen molar-refractivity contribution in [1.29, 1.82) is 0 Å². The second-order valence-corrected chi connectivity index (χ2v) is 5.87. The van der Waals surface area contributed by atoms with Crippen molar-refractivity contribution in [2.75, 3.05) is 20.7 Å². The van der Waals surface area contributed by atoms with Crippen molar-refractivity contribution in [1.82, 2.24) is 4.90 Å². The molecule has 0 aromatic heterocycles. The number of methoxy groups -OCH3 is 1. The van der Waals surface area contributed by atoms with Crippen molar-refractivity contribution < 1.29 is 9.53 Å². The maximum absolute atomic E-state index is 11.8. The second-order valence-electron chi connectivity index (χ2n) is 5.87. The van der Waals surface area contributed by atoms with Gasteiger partial charge >= 0.3 is 0 Å². The fraction of sp³-hybridized carbons (Fsp3) is 0.562. The number of ether oxygens (including phenoxy) is 1. The van der Waals surface area contributed by atoms with Crippen LogP contribution in [0.1, 0.15) is 31.2 Å². The molecule has 0 unspecified atom stereocenters. The van der Waals surface area contributed by atoms with Crippen LogP contribution < -0.4 is 4.74 Å². The Hall–Kier alpha value is -1.35. The van der Waals surface area contributed by atoms with Crippen LogP contribution in [0.3, 0.4) is 0 Å². The Labute approximate surface area is 114 Å². The summed E-state index contributed by atoms with van der Waals surface area (Å²) in [6.45, 7) is 1.09. The molecule has 1 aliphatic heterocycles. The van der Waals surface area contributed by atoms with Gasteiger partial charge in [0.05, 0.1) is 7.11 Å². The third kappa shape index (κ3) is 1.96. The van der Waals surface area contributed by atoms with Crippen molar-refractivity contribution in [2.24, 2.45) is 0 Å². The Morgan fingerprint density at radius 2 is 2.00 bits per heavy atom. The summed E-state index contributed by atoms with van der Waals surface area (Å²) >= 11 is 0. The zero-order chi connectivity index (χ0) is 13.5. The molecule has 3 nitrogen and oxygen atoms in total. The molecular formula is C16H21NO2. The van der Waals surface area contributed by atoms with Gasteiger partial charge in [0.1, 0.15) is 11.5 Å². The van der Waals surface area contributed by atoms with E-state index in [1.807, 2.05) is 12.1 Å². The Kier molecular flexibility index (Phi) is 3.09. The van der Waals surface area contributed by atoms with Crippen molar-refractivity contribution in [2.45, 2.75) is 37.1 Å². The molecule has 2 fully saturated rings. The van der Waals surface area contributed by atoms with Crippen LogP contribution in [0.2, 0.25) is 0 Å². The van der Waals surface area contributed by atoms with Gasteiger partial charge in [-0.15, -0.1) is 0 Å². The number of rotatable bonds is 2. The first-order chi connectivity index (χ1) is 9.15. The summed E-state index contributed by atoms with van der Waals surface area (Å²) in [6.07, 6.45) is 3.60. The minimum atomic E-state index is 0.176. The first-order valence-electron chi connectivity index (χ1n) is 7.02. The van der Waals surface area contributed by atoms with Gasteiger partial charge in [-0.1, -0.05) is 12.1 Å². The topological polar surface area (TPSA) is 29.5 Å². The SMILES string of the molecule is COc1ccc([C@]23CCC(=O)C[C@H]2N(C)CC3)cc1. The van der Waals surface area contributed by atoms with Crippen LogP contribution >= 0.6 is 0 Å². The van der Waals surface area contributed by atoms with E-state index < -0.39 is 0 Å². The molecule has 2 aliphatic rings. The first-order valence-corrected chi connectivity index (χ1v) is 7.02. The van der Waals surface area contributed by atoms with Gasteiger partial charge in [0.15, 0.2) is 0 Å². The summed E-state index contributed by atoms with van der Waals surface area (Å²) in [4.78, 5) is 14.1. The fourth-order valence-corrected chi connectivity index (χ4v) is 3.85. The molecular weight excluding hydrogens is 238 g/mol. The standard InChI is InChI=1S/C16H21NO2/c1-17-10-9-16(8-7-13(18)11-15(16)17)12-3-5-14(19-2)6-4-12/h3-6,15H,7-11H2,1-2H3/t15-,16-/m1/s1. The van der Waals surface area contributed by atoms with Crippen LogP contribution in [-0.2, 0) is 10.2 Å². The molecule has 2 atom stereocenters. The molecule has 1 saturated heterocycles. The lowest BCUT2D eigenvalue weighted by Crippen LogP contribution is -2.46. The number of fused-ring (bicyclic) bond motifs is 1. The molecule has 0 amide bonds. The summed E-state index contributed by atoms with van der Waals surface area (Å²) < 4.78 is 5.24. The molecule has 3 rings (SSSR count). The Morgan fingerprint density at radius 3 is 2.68 bits per heavy atom. The second kappa shape index (κ2) is 4.64. The van der Waals surface area contributed by atoms with Gasteiger partial charge in [-0.3, -0.25) is 4.79 Å². The highest BCUT2D eigenvalue weighted by molar-refractivity contribution is 5.80. The van der Waals surface area contributed by atoms with Crippen molar-refractivity contribution in [3.8, 4) is 5.75 Å². The summed E-state index contributed by atoms with van der Waals surface area (Å²) in [6, 6.07) is 8.81. The van der Waals surface area contributed by atoms with Gasteiger partial charge < -0.3 is 9.64 Å². The number of Topliss-reactive ketones (excluding diaryl/α,β-unsaturated/α-hetero) is 1. The minimum Gasteiger partial charge on any atom is -0.497 e. The lowest BCUT2D eigenvalue weighted by Gasteiger charge is -2.41. The van der Waals surface area contributed by atoms with Gasteiger partial charge in [0.25, 0.3) is 0 Å². The van der Waals surface area contributed by atoms with Crippen LogP contribution in [0.4, 0.5) is 0 Å². The zero-order valence-electron chi connectivity index (χ0n) is 11.7. The van der Waals surface area contributed by atoms with E-state index in [1.165, 1.54) is 5.56 Å². The van der Waals surface area contributed by atoms with E-state index in [9.17, 15) is 4.79 Å². The Bertz CT molecular complexity index is 482. The molecule has 1 heterocycles. The normalized spacial score (nSPS) is 31.3. The average molecular weight is 259 g/mol. The number of hydrogen-bond donors (Lipinski definition) is 0. The lowest BCUT2D eigenvalue weighted by atomic mass is 9.66. The number of likely N-dealkylation sites (tertiary alicyclic amines) is 1. The number of nitrogens with zero attached hydrogens (tertiary/aromatic N) is 1. The number of carbonyl (C=O) groups excluding carboxylic acids is 1. The predicted molar refractivity (Wildman–Crippen MR) is 74.6 cm³/mol. The highest BCUT2D eigenvalue weighted by Gasteiger charge is 2.49. The first kappa shape index (κ1) is 12.7. The van der Waals surface area contributed by atoms with Crippen LogP contribution in [0.15, 0.2) is 24.3 Å². The van der Waals surface area contributed by atoms with E-state index >= 15 is 0 Å². The number of ketones is 1. The minimum absolute atomic E-state index is 0.176. The molecule has 0 bridgehead atoms. The quantitative estimate of drug-likeness (QED) is 0.816. The smallest absolute Gasteiger partial charge is 0.134 e. The third-order valence-corrected chi connectivity index (χ3v) is 5.02. The predicted octanol–water partition coefficient (Wildman–Crippen LogP) is 2.39. The summed E-state index contributed by atoms with van der Waals surface area (Å²) in [5.74, 6) is 1.32. The number of carbonyl (C=O) groups is 1. The van der Waals surface area contributed by atoms with Crippen LogP contribution in [-0.4, -0.2) is 37.4 Å². The highest BCUT2D eigenvalue weighted by atomic mass is 16.5. The van der Waals surface area contributed by atoms with Crippen LogP contribution in [0.25, 0.3) is 0 Å². The van der Waals surface area contributed by atoms with E-state index in [2.05, 4.69) is 24.1 Å². The van der Waals surface area contributed by atoms with E-state index in [1.54, 1.807) is 7.11 Å². The summed E-state index contributed by atoms with van der Waals surface area (Å²) in [5, 5.41) is 0. The van der Waals surface area contributed by atoms with E-state index in [4.69, 9.17) is 4.74 Å². The van der Waals surface area contributed by atoms with Crippen LogP contribution in [0.5, 0.6) is 5.75 Å². The monoisotopic (exact) mass is 259 g/mol. The molecule has 1 aliphatic carbocycles. The number of likely N-dealkylation sites (N-methyl/N-ethyl adjacent to an activating group) is 1. The van der Waals surface area contributed by atoms with Gasteiger partial charge in [-0.25, -0.2) is 0 Å². The molecule has 0 N–H and O–H groups in total. The van der Waals surface area contributed by atoms with Crippen LogP contribution in [0, 0.1) is 0 Å². The zero-order valence-corrected chi connectivity index (χ0v) is 11.7. The molecule has 102 valence electrons. The van der Waals surface area contributed by atoms with E-state index in [-0.39, 0.29) is 5.41 Å². The molecule has 1 aromatic carbocycles. The number of hydrogen-bond acceptors (Lipinski definition) is 3. The maximum Gasteiger partial charge on any atom is 0.134 e. The summed E-state index contributed by atoms with van der Waals surface area (Å²) in [5.41, 5.74) is 1.55. The molecule has 19 heavy (non-hydrogen) atoms. The molecule has 3 heteroatoms. The third-order valence-electron chi connectivity index (χ3n) is 5.02. The Balaban J connectivity index is 1.97. The van der Waals surface area contributed by atoms with E-state index in [0.717, 1.165) is 31.6 Å². The van der Waals surface area contributed by atoms with Gasteiger partial charge in [0.2, 0.25) is 0 Å². The molecule has 0 radical (unpaired) electrons. The molecule has 1 aromatic rings. The Morgan fingerprint density at radius 1 is 1.26 bits per heavy atom. The van der Waals surface area contributed by atoms with E-state index in [0.29, 0.717) is 18.2 Å². The average Bonchev–Trinajstić information content (AvgIpc) is 2.78. The fourth-order valence-electron chi connectivity index (χ4n) is 3.85. The molecule has 0 spiro atoms. The number of benzene rings is 1. The van der Waals surface area contributed by atoms with Gasteiger partial charge in [-0.2, -0.15) is 0 Å².